The number of carbonyl (C=O) groups is 1. The average Bonchev–Trinajstić information content (AvgIpc) is 2.98. The Kier molecular flexibility index (Phi) is 4.53. The van der Waals surface area contributed by atoms with Crippen molar-refractivity contribution < 1.29 is 13.9 Å². The molecule has 1 aromatic heterocycles. The van der Waals surface area contributed by atoms with Crippen molar-refractivity contribution in [3.63, 3.8) is 0 Å². The zero-order valence-corrected chi connectivity index (χ0v) is 13.4. The number of hydrogen-bond acceptors (Lipinski definition) is 3. The maximum atomic E-state index is 12.3. The highest BCUT2D eigenvalue weighted by molar-refractivity contribution is 6.31. The third kappa shape index (κ3) is 3.32. The first-order chi connectivity index (χ1) is 11.2. The number of benzene rings is 2. The maximum Gasteiger partial charge on any atom is 0.255 e. The normalized spacial score (nSPS) is 10.7. The molecule has 1 amide bonds. The van der Waals surface area contributed by atoms with Gasteiger partial charge in [-0.05, 0) is 36.2 Å². The van der Waals surface area contributed by atoms with E-state index in [1.807, 2.05) is 24.3 Å². The lowest BCUT2D eigenvalue weighted by Crippen LogP contribution is -2.26. The summed E-state index contributed by atoms with van der Waals surface area (Å²) in [6.07, 6.45) is 2.42. The third-order valence-electron chi connectivity index (χ3n) is 3.65. The molecule has 1 N–H and O–H groups in total. The number of halogens is 1. The molecule has 0 saturated heterocycles. The lowest BCUT2D eigenvalue weighted by molar-refractivity contribution is 0.0951. The average molecular weight is 330 g/mol. The maximum absolute atomic E-state index is 12.3. The lowest BCUT2D eigenvalue weighted by Gasteiger charge is -2.09. The van der Waals surface area contributed by atoms with Gasteiger partial charge in [0.05, 0.1) is 18.9 Å². The number of para-hydroxylation sites is 1. The van der Waals surface area contributed by atoms with Gasteiger partial charge < -0.3 is 14.5 Å². The molecule has 0 radical (unpaired) electrons. The van der Waals surface area contributed by atoms with Gasteiger partial charge in [-0.25, -0.2) is 0 Å². The van der Waals surface area contributed by atoms with Gasteiger partial charge in [0.15, 0.2) is 0 Å². The molecule has 5 heteroatoms. The first-order valence-corrected chi connectivity index (χ1v) is 7.63. The Morgan fingerprint density at radius 3 is 2.91 bits per heavy atom. The molecule has 0 saturated carbocycles. The molecular formula is C18H16ClNO3. The second-order valence-corrected chi connectivity index (χ2v) is 5.54. The van der Waals surface area contributed by atoms with Crippen molar-refractivity contribution in [2.24, 2.45) is 0 Å². The van der Waals surface area contributed by atoms with Gasteiger partial charge >= 0.3 is 0 Å². The summed E-state index contributed by atoms with van der Waals surface area (Å²) in [5, 5.41) is 4.45. The minimum atomic E-state index is -0.211. The summed E-state index contributed by atoms with van der Waals surface area (Å²) in [5.74, 6) is 0.290. The van der Waals surface area contributed by atoms with Crippen molar-refractivity contribution in [3.05, 3.63) is 64.9 Å². The van der Waals surface area contributed by atoms with Crippen LogP contribution in [-0.4, -0.2) is 19.6 Å². The summed E-state index contributed by atoms with van der Waals surface area (Å²) in [6.45, 7) is 0.498. The molecule has 23 heavy (non-hydrogen) atoms. The standard InChI is InChI=1S/C18H16ClNO3/c1-22-16-7-6-13(19)10-15(16)18(21)20-9-8-12-11-23-17-5-3-2-4-14(12)17/h2-7,10-11H,8-9H2,1H3,(H,20,21). The van der Waals surface area contributed by atoms with Crippen molar-refractivity contribution in [2.45, 2.75) is 6.42 Å². The molecule has 0 aliphatic carbocycles. The molecule has 4 nitrogen and oxygen atoms in total. The van der Waals surface area contributed by atoms with Gasteiger partial charge in [0.25, 0.3) is 5.91 Å². The number of rotatable bonds is 5. The van der Waals surface area contributed by atoms with E-state index in [1.165, 1.54) is 7.11 Å². The largest absolute Gasteiger partial charge is 0.496 e. The highest BCUT2D eigenvalue weighted by Gasteiger charge is 2.13. The summed E-state index contributed by atoms with van der Waals surface area (Å²) in [6, 6.07) is 12.8. The number of amides is 1. The SMILES string of the molecule is COc1ccc(Cl)cc1C(=O)NCCc1coc2ccccc12. The molecule has 0 aliphatic rings. The zero-order valence-electron chi connectivity index (χ0n) is 12.6. The first kappa shape index (κ1) is 15.4. The Labute approximate surface area is 139 Å². The van der Waals surface area contributed by atoms with Crippen molar-refractivity contribution in [1.29, 1.82) is 0 Å². The van der Waals surface area contributed by atoms with Gasteiger partial charge in [-0.1, -0.05) is 29.8 Å². The van der Waals surface area contributed by atoms with Gasteiger partial charge in [-0.2, -0.15) is 0 Å². The Morgan fingerprint density at radius 1 is 1.26 bits per heavy atom. The van der Waals surface area contributed by atoms with Crippen LogP contribution in [0.15, 0.2) is 53.1 Å². The second kappa shape index (κ2) is 6.75. The van der Waals surface area contributed by atoms with Crippen LogP contribution in [0.4, 0.5) is 0 Å². The van der Waals surface area contributed by atoms with E-state index >= 15 is 0 Å². The molecule has 3 rings (SSSR count). The highest BCUT2D eigenvalue weighted by atomic mass is 35.5. The number of fused-ring (bicyclic) bond motifs is 1. The van der Waals surface area contributed by atoms with Gasteiger partial charge in [-0.3, -0.25) is 4.79 Å². The van der Waals surface area contributed by atoms with Gasteiger partial charge in [0.1, 0.15) is 11.3 Å². The van der Waals surface area contributed by atoms with Crippen LogP contribution in [-0.2, 0) is 6.42 Å². The molecule has 0 aliphatic heterocycles. The third-order valence-corrected chi connectivity index (χ3v) is 3.88. The van der Waals surface area contributed by atoms with Crippen molar-refractivity contribution >= 4 is 28.5 Å². The fraction of sp³-hybridized carbons (Fsp3) is 0.167. The van der Waals surface area contributed by atoms with E-state index in [-0.39, 0.29) is 5.91 Å². The highest BCUT2D eigenvalue weighted by Crippen LogP contribution is 2.23. The Balaban J connectivity index is 1.67. The van der Waals surface area contributed by atoms with Gasteiger partial charge in [0, 0.05) is 17.0 Å². The van der Waals surface area contributed by atoms with Crippen LogP contribution in [0.3, 0.4) is 0 Å². The number of furan rings is 1. The zero-order chi connectivity index (χ0) is 16.2. The van der Waals surface area contributed by atoms with E-state index < -0.39 is 0 Å². The van der Waals surface area contributed by atoms with Crippen LogP contribution < -0.4 is 10.1 Å². The van der Waals surface area contributed by atoms with Crippen LogP contribution in [0, 0.1) is 0 Å². The topological polar surface area (TPSA) is 51.5 Å². The van der Waals surface area contributed by atoms with E-state index in [9.17, 15) is 4.79 Å². The van der Waals surface area contributed by atoms with E-state index in [0.717, 1.165) is 16.5 Å². The summed E-state index contributed by atoms with van der Waals surface area (Å²) in [4.78, 5) is 12.3. The van der Waals surface area contributed by atoms with Crippen molar-refractivity contribution in [2.75, 3.05) is 13.7 Å². The first-order valence-electron chi connectivity index (χ1n) is 7.26. The van der Waals surface area contributed by atoms with E-state index in [2.05, 4.69) is 5.32 Å². The minimum Gasteiger partial charge on any atom is -0.496 e. The van der Waals surface area contributed by atoms with E-state index in [1.54, 1.807) is 24.5 Å². The van der Waals surface area contributed by atoms with Gasteiger partial charge in [0.2, 0.25) is 0 Å². The second-order valence-electron chi connectivity index (χ2n) is 5.11. The van der Waals surface area contributed by atoms with Crippen LogP contribution >= 0.6 is 11.6 Å². The number of carbonyl (C=O) groups excluding carboxylic acids is 1. The number of methoxy groups -OCH3 is 1. The predicted molar refractivity (Wildman–Crippen MR) is 90.3 cm³/mol. The molecular weight excluding hydrogens is 314 g/mol. The number of ether oxygens (including phenoxy) is 1. The Bertz CT molecular complexity index is 841. The molecule has 0 atom stereocenters. The lowest BCUT2D eigenvalue weighted by atomic mass is 10.1. The summed E-state index contributed by atoms with van der Waals surface area (Å²) < 4.78 is 10.7. The minimum absolute atomic E-state index is 0.211. The molecule has 1 heterocycles. The van der Waals surface area contributed by atoms with E-state index in [4.69, 9.17) is 20.8 Å². The number of hydrogen-bond donors (Lipinski definition) is 1. The molecule has 0 spiro atoms. The molecule has 3 aromatic rings. The Hall–Kier alpha value is -2.46. The van der Waals surface area contributed by atoms with Crippen LogP contribution in [0.25, 0.3) is 11.0 Å². The quantitative estimate of drug-likeness (QED) is 0.767. The molecule has 118 valence electrons. The summed E-state index contributed by atoms with van der Waals surface area (Å²) in [5.41, 5.74) is 2.35. The summed E-state index contributed by atoms with van der Waals surface area (Å²) >= 11 is 5.95. The molecule has 2 aromatic carbocycles. The monoisotopic (exact) mass is 329 g/mol. The molecule has 0 fully saturated rings. The van der Waals surface area contributed by atoms with Crippen LogP contribution in [0.2, 0.25) is 5.02 Å². The number of nitrogens with one attached hydrogen (secondary N) is 1. The van der Waals surface area contributed by atoms with Crippen molar-refractivity contribution in [3.8, 4) is 5.75 Å². The predicted octanol–water partition coefficient (Wildman–Crippen LogP) is 4.07. The van der Waals surface area contributed by atoms with Crippen LogP contribution in [0.1, 0.15) is 15.9 Å². The fourth-order valence-corrected chi connectivity index (χ4v) is 2.66. The molecule has 0 bridgehead atoms. The fourth-order valence-electron chi connectivity index (χ4n) is 2.49. The van der Waals surface area contributed by atoms with Gasteiger partial charge in [-0.15, -0.1) is 0 Å². The van der Waals surface area contributed by atoms with Crippen molar-refractivity contribution in [1.82, 2.24) is 5.32 Å². The summed E-state index contributed by atoms with van der Waals surface area (Å²) in [7, 11) is 1.53. The van der Waals surface area contributed by atoms with Crippen LogP contribution in [0.5, 0.6) is 5.75 Å². The Morgan fingerprint density at radius 2 is 2.09 bits per heavy atom. The molecule has 0 unspecified atom stereocenters. The smallest absolute Gasteiger partial charge is 0.255 e. The van der Waals surface area contributed by atoms with E-state index in [0.29, 0.717) is 29.3 Å².